The highest BCUT2D eigenvalue weighted by Crippen LogP contribution is 2.06. The molecule has 1 aromatic rings. The minimum absolute atomic E-state index is 0.467. The second kappa shape index (κ2) is 4.80. The van der Waals surface area contributed by atoms with Crippen molar-refractivity contribution in [1.29, 1.82) is 0 Å². The van der Waals surface area contributed by atoms with Gasteiger partial charge in [0.1, 0.15) is 5.84 Å². The van der Waals surface area contributed by atoms with Crippen molar-refractivity contribution in [1.82, 2.24) is 4.90 Å². The molecule has 0 atom stereocenters. The molecule has 2 heteroatoms. The molecule has 0 spiro atoms. The second-order valence-electron chi connectivity index (χ2n) is 3.62. The summed E-state index contributed by atoms with van der Waals surface area (Å²) in [5.74, 6) is 1.04. The number of hydrogen-bond donors (Lipinski definition) is 0. The van der Waals surface area contributed by atoms with E-state index < -0.39 is 0 Å². The Morgan fingerprint density at radius 2 is 1.79 bits per heavy atom. The van der Waals surface area contributed by atoms with E-state index in [9.17, 15) is 0 Å². The molecule has 0 amide bonds. The van der Waals surface area contributed by atoms with Crippen molar-refractivity contribution in [3.05, 3.63) is 35.9 Å². The Hall–Kier alpha value is -1.31. The minimum Gasteiger partial charge on any atom is -0.357 e. The summed E-state index contributed by atoms with van der Waals surface area (Å²) in [5.41, 5.74) is 1.17. The zero-order chi connectivity index (χ0) is 10.6. The maximum atomic E-state index is 4.32. The summed E-state index contributed by atoms with van der Waals surface area (Å²) >= 11 is 0. The zero-order valence-corrected chi connectivity index (χ0v) is 9.36. The second-order valence-corrected chi connectivity index (χ2v) is 3.62. The fourth-order valence-electron chi connectivity index (χ4n) is 1.32. The van der Waals surface area contributed by atoms with Crippen molar-refractivity contribution in [3.8, 4) is 0 Å². The van der Waals surface area contributed by atoms with Gasteiger partial charge in [0, 0.05) is 25.7 Å². The molecule has 0 saturated heterocycles. The van der Waals surface area contributed by atoms with E-state index in [0.717, 1.165) is 5.84 Å². The minimum atomic E-state index is 0.467. The van der Waals surface area contributed by atoms with Crippen molar-refractivity contribution in [2.45, 2.75) is 19.9 Å². The molecule has 1 rings (SSSR count). The number of aliphatic imine (C=N–C) groups is 1. The Morgan fingerprint density at radius 3 is 2.21 bits per heavy atom. The van der Waals surface area contributed by atoms with E-state index in [1.165, 1.54) is 5.56 Å². The van der Waals surface area contributed by atoms with Crippen LogP contribution in [0.15, 0.2) is 35.3 Å². The molecule has 0 aromatic heterocycles. The Kier molecular flexibility index (Phi) is 3.69. The third-order valence-electron chi connectivity index (χ3n) is 2.35. The Balaban J connectivity index is 2.95. The van der Waals surface area contributed by atoms with Crippen LogP contribution in [0.2, 0.25) is 0 Å². The Bertz CT molecular complexity index is 301. The first-order valence-corrected chi connectivity index (χ1v) is 4.92. The van der Waals surface area contributed by atoms with Gasteiger partial charge in [-0.15, -0.1) is 0 Å². The predicted octanol–water partition coefficient (Wildman–Crippen LogP) is 2.40. The average molecular weight is 190 g/mol. The molecule has 0 N–H and O–H groups in total. The van der Waals surface area contributed by atoms with E-state index in [1.807, 2.05) is 25.2 Å². The largest absolute Gasteiger partial charge is 0.357 e. The first kappa shape index (κ1) is 10.8. The number of rotatable bonds is 2. The molecule has 76 valence electrons. The van der Waals surface area contributed by atoms with Gasteiger partial charge in [0.15, 0.2) is 0 Å². The van der Waals surface area contributed by atoms with Crippen LogP contribution in [0.25, 0.3) is 0 Å². The highest BCUT2D eigenvalue weighted by atomic mass is 15.2. The highest BCUT2D eigenvalue weighted by Gasteiger charge is 2.10. The fourth-order valence-corrected chi connectivity index (χ4v) is 1.32. The molecule has 2 nitrogen and oxygen atoms in total. The van der Waals surface area contributed by atoms with Crippen LogP contribution in [0.4, 0.5) is 0 Å². The highest BCUT2D eigenvalue weighted by molar-refractivity contribution is 5.98. The molecule has 14 heavy (non-hydrogen) atoms. The quantitative estimate of drug-likeness (QED) is 0.516. The normalized spacial score (nSPS) is 11.9. The molecule has 0 bridgehead atoms. The van der Waals surface area contributed by atoms with Crippen LogP contribution < -0.4 is 0 Å². The van der Waals surface area contributed by atoms with Crippen LogP contribution >= 0.6 is 0 Å². The summed E-state index contributed by atoms with van der Waals surface area (Å²) in [5, 5.41) is 0. The van der Waals surface area contributed by atoms with Gasteiger partial charge in [-0.05, 0) is 13.8 Å². The molecule has 1 aromatic carbocycles. The number of benzene rings is 1. The first-order valence-electron chi connectivity index (χ1n) is 4.92. The monoisotopic (exact) mass is 190 g/mol. The molecule has 0 aliphatic heterocycles. The molecular formula is C12H18N2. The number of amidine groups is 1. The molecule has 0 unspecified atom stereocenters. The smallest absolute Gasteiger partial charge is 0.130 e. The lowest BCUT2D eigenvalue weighted by Crippen LogP contribution is -2.33. The van der Waals surface area contributed by atoms with Crippen molar-refractivity contribution in [3.63, 3.8) is 0 Å². The maximum absolute atomic E-state index is 4.32. The molecule has 0 radical (unpaired) electrons. The predicted molar refractivity (Wildman–Crippen MR) is 61.8 cm³/mol. The summed E-state index contributed by atoms with van der Waals surface area (Å²) in [4.78, 5) is 6.50. The molecule has 0 aliphatic rings. The van der Waals surface area contributed by atoms with Gasteiger partial charge in [0.25, 0.3) is 0 Å². The molecule has 0 heterocycles. The van der Waals surface area contributed by atoms with E-state index in [2.05, 4.69) is 42.9 Å². The molecular weight excluding hydrogens is 172 g/mol. The third-order valence-corrected chi connectivity index (χ3v) is 2.35. The van der Waals surface area contributed by atoms with Crippen LogP contribution in [-0.2, 0) is 0 Å². The van der Waals surface area contributed by atoms with Crippen LogP contribution in [0.5, 0.6) is 0 Å². The van der Waals surface area contributed by atoms with Gasteiger partial charge in [-0.2, -0.15) is 0 Å². The van der Waals surface area contributed by atoms with E-state index >= 15 is 0 Å². The van der Waals surface area contributed by atoms with E-state index in [4.69, 9.17) is 0 Å². The van der Waals surface area contributed by atoms with Crippen LogP contribution in [-0.4, -0.2) is 30.9 Å². The van der Waals surface area contributed by atoms with Crippen LogP contribution in [0.1, 0.15) is 19.4 Å². The summed E-state index contributed by atoms with van der Waals surface area (Å²) < 4.78 is 0. The summed E-state index contributed by atoms with van der Waals surface area (Å²) in [6, 6.07) is 10.7. The fraction of sp³-hybridized carbons (Fsp3) is 0.417. The average Bonchev–Trinajstić information content (AvgIpc) is 2.20. The molecule has 0 saturated carbocycles. The Morgan fingerprint density at radius 1 is 1.21 bits per heavy atom. The van der Waals surface area contributed by atoms with Gasteiger partial charge in [0.2, 0.25) is 0 Å². The Labute approximate surface area is 86.3 Å². The standard InChI is InChI=1S/C12H18N2/c1-10(2)14(4)12(13-3)11-8-6-5-7-9-11/h5-10H,1-4H3/b13-12-. The third kappa shape index (κ3) is 2.34. The van der Waals surface area contributed by atoms with Gasteiger partial charge in [-0.25, -0.2) is 0 Å². The van der Waals surface area contributed by atoms with Gasteiger partial charge in [-0.1, -0.05) is 30.3 Å². The molecule has 0 fully saturated rings. The summed E-state index contributed by atoms with van der Waals surface area (Å²) in [6.07, 6.45) is 0. The van der Waals surface area contributed by atoms with E-state index in [0.29, 0.717) is 6.04 Å². The number of nitrogens with zero attached hydrogens (tertiary/aromatic N) is 2. The SMILES string of the molecule is C/N=C(/c1ccccc1)N(C)C(C)C. The van der Waals surface area contributed by atoms with Crippen molar-refractivity contribution in [2.24, 2.45) is 4.99 Å². The first-order chi connectivity index (χ1) is 6.66. The van der Waals surface area contributed by atoms with Crippen molar-refractivity contribution < 1.29 is 0 Å². The zero-order valence-electron chi connectivity index (χ0n) is 9.36. The van der Waals surface area contributed by atoms with Crippen LogP contribution in [0.3, 0.4) is 0 Å². The van der Waals surface area contributed by atoms with E-state index in [1.54, 1.807) is 0 Å². The number of hydrogen-bond acceptors (Lipinski definition) is 1. The maximum Gasteiger partial charge on any atom is 0.130 e. The lowest BCUT2D eigenvalue weighted by atomic mass is 10.2. The van der Waals surface area contributed by atoms with Gasteiger partial charge in [-0.3, -0.25) is 4.99 Å². The summed E-state index contributed by atoms with van der Waals surface area (Å²) in [6.45, 7) is 4.32. The lowest BCUT2D eigenvalue weighted by molar-refractivity contribution is 0.417. The van der Waals surface area contributed by atoms with Crippen LogP contribution in [0, 0.1) is 0 Å². The van der Waals surface area contributed by atoms with E-state index in [-0.39, 0.29) is 0 Å². The lowest BCUT2D eigenvalue weighted by Gasteiger charge is -2.25. The summed E-state index contributed by atoms with van der Waals surface area (Å²) in [7, 11) is 3.90. The van der Waals surface area contributed by atoms with Gasteiger partial charge in [0.05, 0.1) is 0 Å². The molecule has 0 aliphatic carbocycles. The topological polar surface area (TPSA) is 15.6 Å². The van der Waals surface area contributed by atoms with Gasteiger partial charge < -0.3 is 4.90 Å². The van der Waals surface area contributed by atoms with Gasteiger partial charge >= 0.3 is 0 Å². The van der Waals surface area contributed by atoms with Crippen molar-refractivity contribution in [2.75, 3.05) is 14.1 Å². The van der Waals surface area contributed by atoms with Crippen molar-refractivity contribution >= 4 is 5.84 Å².